The van der Waals surface area contributed by atoms with Gasteiger partial charge in [-0.15, -0.1) is 0 Å². The van der Waals surface area contributed by atoms with E-state index < -0.39 is 0 Å². The van der Waals surface area contributed by atoms with Crippen LogP contribution in [0.5, 0.6) is 0 Å². The molecule has 1 unspecified atom stereocenters. The molecule has 0 aliphatic carbocycles. The van der Waals surface area contributed by atoms with Gasteiger partial charge < -0.3 is 10.1 Å². The summed E-state index contributed by atoms with van der Waals surface area (Å²) >= 11 is 0. The second-order valence-corrected chi connectivity index (χ2v) is 5.46. The third kappa shape index (κ3) is 6.40. The highest BCUT2D eigenvalue weighted by atomic mass is 16.5. The average molecular weight is 294 g/mol. The number of hydrogen-bond acceptors (Lipinski definition) is 5. The highest BCUT2D eigenvalue weighted by Gasteiger charge is 2.14. The topological polar surface area (TPSA) is 50.3 Å². The van der Waals surface area contributed by atoms with Crippen LogP contribution >= 0.6 is 0 Å². The molecule has 1 atom stereocenters. The molecule has 21 heavy (non-hydrogen) atoms. The van der Waals surface area contributed by atoms with E-state index in [1.54, 1.807) is 7.11 Å². The van der Waals surface area contributed by atoms with Crippen LogP contribution in [0.4, 0.5) is 5.82 Å². The summed E-state index contributed by atoms with van der Waals surface area (Å²) in [5.74, 6) is 1.81. The third-order valence-corrected chi connectivity index (χ3v) is 3.60. The minimum Gasteiger partial charge on any atom is -0.383 e. The van der Waals surface area contributed by atoms with Gasteiger partial charge in [-0.25, -0.2) is 9.97 Å². The Morgan fingerprint density at radius 1 is 1.33 bits per heavy atom. The van der Waals surface area contributed by atoms with Gasteiger partial charge in [0.05, 0.1) is 13.2 Å². The molecule has 0 bridgehead atoms. The van der Waals surface area contributed by atoms with Crippen molar-refractivity contribution in [3.8, 4) is 0 Å². The number of ether oxygens (including phenoxy) is 1. The SMILES string of the molecule is CCCNc1cc(C)nc(CN(CCOC)C(C)CC)n1. The van der Waals surface area contributed by atoms with Crippen LogP contribution in [-0.2, 0) is 11.3 Å². The van der Waals surface area contributed by atoms with Crippen LogP contribution in [0, 0.1) is 6.92 Å². The van der Waals surface area contributed by atoms with Gasteiger partial charge in [-0.3, -0.25) is 4.90 Å². The smallest absolute Gasteiger partial charge is 0.144 e. The van der Waals surface area contributed by atoms with Gasteiger partial charge in [-0.05, 0) is 26.7 Å². The molecule has 0 spiro atoms. The van der Waals surface area contributed by atoms with Crippen molar-refractivity contribution in [3.63, 3.8) is 0 Å². The van der Waals surface area contributed by atoms with Crippen molar-refractivity contribution in [1.82, 2.24) is 14.9 Å². The van der Waals surface area contributed by atoms with Crippen LogP contribution < -0.4 is 5.32 Å². The van der Waals surface area contributed by atoms with E-state index in [2.05, 4.69) is 41.0 Å². The number of hydrogen-bond donors (Lipinski definition) is 1. The molecule has 1 aromatic heterocycles. The van der Waals surface area contributed by atoms with Crippen molar-refractivity contribution in [2.45, 2.75) is 53.1 Å². The van der Waals surface area contributed by atoms with Gasteiger partial charge >= 0.3 is 0 Å². The van der Waals surface area contributed by atoms with Crippen LogP contribution in [-0.4, -0.2) is 47.7 Å². The summed E-state index contributed by atoms with van der Waals surface area (Å²) in [6.07, 6.45) is 2.20. The number of methoxy groups -OCH3 is 1. The maximum atomic E-state index is 5.21. The second-order valence-electron chi connectivity index (χ2n) is 5.46. The first-order valence-corrected chi connectivity index (χ1v) is 7.92. The second kappa shape index (κ2) is 9.68. The van der Waals surface area contributed by atoms with E-state index in [4.69, 9.17) is 4.74 Å². The van der Waals surface area contributed by atoms with Gasteiger partial charge in [0.2, 0.25) is 0 Å². The van der Waals surface area contributed by atoms with Gasteiger partial charge in [-0.2, -0.15) is 0 Å². The van der Waals surface area contributed by atoms with Crippen LogP contribution in [0.1, 0.15) is 45.1 Å². The fourth-order valence-corrected chi connectivity index (χ4v) is 2.15. The molecule has 0 saturated heterocycles. The number of rotatable bonds is 10. The van der Waals surface area contributed by atoms with E-state index in [1.807, 2.05) is 13.0 Å². The Bertz CT molecular complexity index is 411. The summed E-state index contributed by atoms with van der Waals surface area (Å²) in [6, 6.07) is 2.50. The van der Waals surface area contributed by atoms with Crippen molar-refractivity contribution >= 4 is 5.82 Å². The van der Waals surface area contributed by atoms with Gasteiger partial charge in [0.25, 0.3) is 0 Å². The Balaban J connectivity index is 2.79. The minimum atomic E-state index is 0.497. The number of nitrogens with zero attached hydrogens (tertiary/aromatic N) is 3. The van der Waals surface area contributed by atoms with Crippen molar-refractivity contribution in [1.29, 1.82) is 0 Å². The highest BCUT2D eigenvalue weighted by molar-refractivity contribution is 5.35. The highest BCUT2D eigenvalue weighted by Crippen LogP contribution is 2.11. The zero-order valence-electron chi connectivity index (χ0n) is 14.1. The molecule has 1 heterocycles. The van der Waals surface area contributed by atoms with Crippen molar-refractivity contribution in [3.05, 3.63) is 17.6 Å². The van der Waals surface area contributed by atoms with Gasteiger partial charge in [0.15, 0.2) is 0 Å². The molecule has 120 valence electrons. The van der Waals surface area contributed by atoms with Crippen LogP contribution in [0.15, 0.2) is 6.07 Å². The van der Waals surface area contributed by atoms with Crippen molar-refractivity contribution in [2.75, 3.05) is 32.1 Å². The summed E-state index contributed by atoms with van der Waals surface area (Å²) in [7, 11) is 1.74. The Morgan fingerprint density at radius 3 is 2.71 bits per heavy atom. The number of aromatic nitrogens is 2. The van der Waals surface area contributed by atoms with E-state index >= 15 is 0 Å². The van der Waals surface area contributed by atoms with Gasteiger partial charge in [0.1, 0.15) is 11.6 Å². The maximum absolute atomic E-state index is 5.21. The Morgan fingerprint density at radius 2 is 2.10 bits per heavy atom. The molecule has 0 amide bonds. The predicted octanol–water partition coefficient (Wildman–Crippen LogP) is 2.85. The van der Waals surface area contributed by atoms with E-state index in [0.29, 0.717) is 6.04 Å². The lowest BCUT2D eigenvalue weighted by Gasteiger charge is -2.27. The minimum absolute atomic E-state index is 0.497. The molecule has 1 rings (SSSR count). The maximum Gasteiger partial charge on any atom is 0.144 e. The molecule has 1 aromatic rings. The lowest BCUT2D eigenvalue weighted by molar-refractivity contribution is 0.116. The molecule has 0 aliphatic rings. The molecule has 0 saturated carbocycles. The average Bonchev–Trinajstić information content (AvgIpc) is 2.48. The number of nitrogens with one attached hydrogen (secondary N) is 1. The molecule has 5 heteroatoms. The monoisotopic (exact) mass is 294 g/mol. The number of anilines is 1. The lowest BCUT2D eigenvalue weighted by Crippen LogP contribution is -2.35. The van der Waals surface area contributed by atoms with E-state index in [9.17, 15) is 0 Å². The normalized spacial score (nSPS) is 12.7. The van der Waals surface area contributed by atoms with Crippen LogP contribution in [0.2, 0.25) is 0 Å². The van der Waals surface area contributed by atoms with Gasteiger partial charge in [-0.1, -0.05) is 13.8 Å². The number of aryl methyl sites for hydroxylation is 1. The molecule has 0 fully saturated rings. The predicted molar refractivity (Wildman–Crippen MR) is 87.6 cm³/mol. The van der Waals surface area contributed by atoms with Crippen LogP contribution in [0.25, 0.3) is 0 Å². The first-order chi connectivity index (χ1) is 10.1. The molecule has 0 aliphatic heterocycles. The molecule has 0 radical (unpaired) electrons. The lowest BCUT2D eigenvalue weighted by atomic mass is 10.2. The summed E-state index contributed by atoms with van der Waals surface area (Å²) in [5, 5.41) is 3.34. The van der Waals surface area contributed by atoms with E-state index in [0.717, 1.165) is 56.4 Å². The first-order valence-electron chi connectivity index (χ1n) is 7.92. The Hall–Kier alpha value is -1.20. The fourth-order valence-electron chi connectivity index (χ4n) is 2.15. The van der Waals surface area contributed by atoms with E-state index in [-0.39, 0.29) is 0 Å². The Kier molecular flexibility index (Phi) is 8.23. The van der Waals surface area contributed by atoms with Crippen molar-refractivity contribution in [2.24, 2.45) is 0 Å². The van der Waals surface area contributed by atoms with Gasteiger partial charge in [0, 0.05) is 38.0 Å². The largest absolute Gasteiger partial charge is 0.383 e. The quantitative estimate of drug-likeness (QED) is 0.719. The summed E-state index contributed by atoms with van der Waals surface area (Å²) < 4.78 is 5.21. The van der Waals surface area contributed by atoms with E-state index in [1.165, 1.54) is 0 Å². The summed E-state index contributed by atoms with van der Waals surface area (Å²) in [6.45, 7) is 12.0. The summed E-state index contributed by atoms with van der Waals surface area (Å²) in [5.41, 5.74) is 1.01. The molecule has 0 aromatic carbocycles. The molecule has 5 nitrogen and oxygen atoms in total. The standard InChI is InChI=1S/C16H30N4O/c1-6-8-17-15-11-13(3)18-16(19-15)12-20(9-10-21-5)14(4)7-2/h11,14H,6-10,12H2,1-5H3,(H,17,18,19). The third-order valence-electron chi connectivity index (χ3n) is 3.60. The first kappa shape index (κ1) is 17.9. The van der Waals surface area contributed by atoms with Crippen molar-refractivity contribution < 1.29 is 4.74 Å². The summed E-state index contributed by atoms with van der Waals surface area (Å²) in [4.78, 5) is 11.6. The molecular weight excluding hydrogens is 264 g/mol. The molecular formula is C16H30N4O. The zero-order chi connectivity index (χ0) is 15.7. The zero-order valence-corrected chi connectivity index (χ0v) is 14.1. The Labute approximate surface area is 129 Å². The van der Waals surface area contributed by atoms with Crippen LogP contribution in [0.3, 0.4) is 0 Å². The fraction of sp³-hybridized carbons (Fsp3) is 0.750. The molecule has 1 N–H and O–H groups in total.